The summed E-state index contributed by atoms with van der Waals surface area (Å²) < 4.78 is 12.9. The lowest BCUT2D eigenvalue weighted by molar-refractivity contribution is -0.131. The summed E-state index contributed by atoms with van der Waals surface area (Å²) in [5.74, 6) is -1.47. The van der Waals surface area contributed by atoms with Crippen molar-refractivity contribution in [1.29, 1.82) is 0 Å². The van der Waals surface area contributed by atoms with Crippen molar-refractivity contribution in [2.75, 3.05) is 0 Å². The number of carboxylic acids is 1. The molecule has 0 aliphatic carbocycles. The first kappa shape index (κ1) is 10.7. The van der Waals surface area contributed by atoms with Crippen LogP contribution in [0.2, 0.25) is 5.02 Å². The minimum absolute atomic E-state index is 0.200. The van der Waals surface area contributed by atoms with E-state index in [1.165, 1.54) is 18.2 Å². The molecular weight excluding hydrogens is 207 g/mol. The van der Waals surface area contributed by atoms with Gasteiger partial charge in [0, 0.05) is 6.08 Å². The summed E-state index contributed by atoms with van der Waals surface area (Å²) >= 11 is 5.70. The molecule has 0 saturated carbocycles. The molecule has 0 bridgehead atoms. The second-order valence-electron chi connectivity index (χ2n) is 2.79. The predicted octanol–water partition coefficient (Wildman–Crippen LogP) is 2.89. The topological polar surface area (TPSA) is 37.3 Å². The lowest BCUT2D eigenvalue weighted by atomic mass is 10.1. The lowest BCUT2D eigenvalue weighted by Crippen LogP contribution is -1.88. The molecule has 0 amide bonds. The Bertz CT molecular complexity index is 399. The second kappa shape index (κ2) is 4.24. The molecule has 0 heterocycles. The van der Waals surface area contributed by atoms with E-state index in [2.05, 4.69) is 0 Å². The molecule has 0 atom stereocenters. The maximum absolute atomic E-state index is 12.9. The molecule has 0 fully saturated rings. The Kier molecular flexibility index (Phi) is 3.25. The number of aryl methyl sites for hydroxylation is 1. The van der Waals surface area contributed by atoms with E-state index in [4.69, 9.17) is 16.7 Å². The smallest absolute Gasteiger partial charge is 0.328 e. The summed E-state index contributed by atoms with van der Waals surface area (Å²) in [5, 5.41) is 8.59. The lowest BCUT2D eigenvalue weighted by Gasteiger charge is -2.01. The summed E-state index contributed by atoms with van der Waals surface area (Å²) in [6, 6.07) is 2.66. The number of carbonyl (C=O) groups is 1. The fraction of sp³-hybridized carbons (Fsp3) is 0.100. The molecule has 0 saturated heterocycles. The van der Waals surface area contributed by atoms with Crippen molar-refractivity contribution in [3.8, 4) is 0 Å². The van der Waals surface area contributed by atoms with E-state index in [9.17, 15) is 9.18 Å². The van der Waals surface area contributed by atoms with Crippen LogP contribution in [0.4, 0.5) is 4.39 Å². The second-order valence-corrected chi connectivity index (χ2v) is 3.20. The Morgan fingerprint density at radius 1 is 1.57 bits per heavy atom. The molecule has 0 radical (unpaired) electrons. The van der Waals surface area contributed by atoms with Crippen LogP contribution in [0.1, 0.15) is 11.1 Å². The molecule has 1 aromatic rings. The Labute approximate surface area is 85.6 Å². The third kappa shape index (κ3) is 2.57. The van der Waals surface area contributed by atoms with Crippen LogP contribution in [0.15, 0.2) is 18.2 Å². The number of hydrogen-bond acceptors (Lipinski definition) is 1. The van der Waals surface area contributed by atoms with Gasteiger partial charge in [0.2, 0.25) is 0 Å². The van der Waals surface area contributed by atoms with E-state index in [1.54, 1.807) is 6.92 Å². The van der Waals surface area contributed by atoms with Crippen LogP contribution in [0.5, 0.6) is 0 Å². The first-order valence-corrected chi connectivity index (χ1v) is 4.25. The van der Waals surface area contributed by atoms with E-state index in [-0.39, 0.29) is 5.02 Å². The van der Waals surface area contributed by atoms with Gasteiger partial charge in [-0.15, -0.1) is 0 Å². The van der Waals surface area contributed by atoms with Crippen molar-refractivity contribution in [1.82, 2.24) is 0 Å². The number of hydrogen-bond donors (Lipinski definition) is 1. The van der Waals surface area contributed by atoms with Crippen LogP contribution in [-0.2, 0) is 4.79 Å². The highest BCUT2D eigenvalue weighted by Gasteiger charge is 2.03. The normalized spacial score (nSPS) is 10.8. The van der Waals surface area contributed by atoms with E-state index in [0.717, 1.165) is 6.08 Å². The average Bonchev–Trinajstić information content (AvgIpc) is 2.09. The molecule has 1 rings (SSSR count). The maximum Gasteiger partial charge on any atom is 0.328 e. The standard InChI is InChI=1S/C10H8ClFO2/c1-6-4-7(2-3-10(13)14)8(11)5-9(6)12/h2-5H,1H3,(H,13,14)/b3-2+. The van der Waals surface area contributed by atoms with Crippen LogP contribution < -0.4 is 0 Å². The summed E-state index contributed by atoms with van der Waals surface area (Å²) in [5.41, 5.74) is 0.924. The van der Waals surface area contributed by atoms with Crippen LogP contribution in [0.3, 0.4) is 0 Å². The minimum atomic E-state index is -1.07. The third-order valence-electron chi connectivity index (χ3n) is 1.68. The molecule has 0 aromatic heterocycles. The van der Waals surface area contributed by atoms with Gasteiger partial charge in [0.05, 0.1) is 5.02 Å². The predicted molar refractivity (Wildman–Crippen MR) is 52.8 cm³/mol. The van der Waals surface area contributed by atoms with E-state index >= 15 is 0 Å². The first-order valence-electron chi connectivity index (χ1n) is 3.87. The van der Waals surface area contributed by atoms with Gasteiger partial charge in [0.1, 0.15) is 5.82 Å². The fourth-order valence-electron chi connectivity index (χ4n) is 0.968. The van der Waals surface area contributed by atoms with Crippen molar-refractivity contribution >= 4 is 23.6 Å². The Hall–Kier alpha value is -1.35. The van der Waals surface area contributed by atoms with Gasteiger partial charge < -0.3 is 5.11 Å². The van der Waals surface area contributed by atoms with Crippen molar-refractivity contribution in [2.45, 2.75) is 6.92 Å². The largest absolute Gasteiger partial charge is 0.478 e. The highest BCUT2D eigenvalue weighted by molar-refractivity contribution is 6.32. The number of benzene rings is 1. The van der Waals surface area contributed by atoms with Crippen LogP contribution in [-0.4, -0.2) is 11.1 Å². The monoisotopic (exact) mass is 214 g/mol. The molecule has 0 aliphatic heterocycles. The highest BCUT2D eigenvalue weighted by Crippen LogP contribution is 2.21. The number of halogens is 2. The Morgan fingerprint density at radius 3 is 2.79 bits per heavy atom. The zero-order chi connectivity index (χ0) is 10.7. The SMILES string of the molecule is Cc1cc(/C=C/C(=O)O)c(Cl)cc1F. The number of rotatable bonds is 2. The zero-order valence-electron chi connectivity index (χ0n) is 7.42. The molecule has 14 heavy (non-hydrogen) atoms. The number of carboxylic acid groups (broad SMARTS) is 1. The maximum atomic E-state index is 12.9. The van der Waals surface area contributed by atoms with Gasteiger partial charge >= 0.3 is 5.97 Å². The molecule has 74 valence electrons. The van der Waals surface area contributed by atoms with Gasteiger partial charge in [-0.2, -0.15) is 0 Å². The van der Waals surface area contributed by atoms with E-state index in [0.29, 0.717) is 11.1 Å². The third-order valence-corrected chi connectivity index (χ3v) is 2.01. The van der Waals surface area contributed by atoms with Gasteiger partial charge in [-0.3, -0.25) is 0 Å². The zero-order valence-corrected chi connectivity index (χ0v) is 8.18. The van der Waals surface area contributed by atoms with Gasteiger partial charge in [-0.25, -0.2) is 9.18 Å². The fourth-order valence-corrected chi connectivity index (χ4v) is 1.18. The molecule has 0 unspecified atom stereocenters. The molecule has 1 aromatic carbocycles. The Balaban J connectivity index is 3.10. The minimum Gasteiger partial charge on any atom is -0.478 e. The molecule has 2 nitrogen and oxygen atoms in total. The summed E-state index contributed by atoms with van der Waals surface area (Å²) in [6.45, 7) is 1.59. The average molecular weight is 215 g/mol. The van der Waals surface area contributed by atoms with Gasteiger partial charge in [0.25, 0.3) is 0 Å². The summed E-state index contributed by atoms with van der Waals surface area (Å²) in [7, 11) is 0. The van der Waals surface area contributed by atoms with E-state index < -0.39 is 11.8 Å². The van der Waals surface area contributed by atoms with Gasteiger partial charge in [-0.1, -0.05) is 11.6 Å². The molecular formula is C10H8ClFO2. The molecule has 0 aliphatic rings. The highest BCUT2D eigenvalue weighted by atomic mass is 35.5. The Morgan fingerprint density at radius 2 is 2.21 bits per heavy atom. The van der Waals surface area contributed by atoms with Crippen molar-refractivity contribution in [2.24, 2.45) is 0 Å². The van der Waals surface area contributed by atoms with Gasteiger partial charge in [-0.05, 0) is 36.3 Å². The number of aliphatic carboxylic acids is 1. The van der Waals surface area contributed by atoms with Gasteiger partial charge in [0.15, 0.2) is 0 Å². The summed E-state index contributed by atoms with van der Waals surface area (Å²) in [4.78, 5) is 10.2. The molecule has 0 spiro atoms. The van der Waals surface area contributed by atoms with Crippen molar-refractivity contribution in [3.63, 3.8) is 0 Å². The first-order chi connectivity index (χ1) is 6.50. The molecule has 1 N–H and O–H groups in total. The van der Waals surface area contributed by atoms with Crippen LogP contribution in [0, 0.1) is 12.7 Å². The van der Waals surface area contributed by atoms with Crippen LogP contribution >= 0.6 is 11.6 Å². The van der Waals surface area contributed by atoms with Crippen molar-refractivity contribution in [3.05, 3.63) is 40.2 Å². The van der Waals surface area contributed by atoms with E-state index in [1.807, 2.05) is 0 Å². The van der Waals surface area contributed by atoms with Crippen LogP contribution in [0.25, 0.3) is 6.08 Å². The molecule has 4 heteroatoms. The van der Waals surface area contributed by atoms with Crippen molar-refractivity contribution < 1.29 is 14.3 Å². The summed E-state index contributed by atoms with van der Waals surface area (Å²) in [6.07, 6.45) is 2.29. The quantitative estimate of drug-likeness (QED) is 0.769.